The van der Waals surface area contributed by atoms with E-state index in [9.17, 15) is 4.79 Å². The van der Waals surface area contributed by atoms with Gasteiger partial charge in [0.2, 0.25) is 0 Å². The minimum absolute atomic E-state index is 0.354. The number of likely N-dealkylation sites (N-methyl/N-ethyl adjacent to an activating group) is 1. The van der Waals surface area contributed by atoms with Gasteiger partial charge in [0.25, 0.3) is 0 Å². The van der Waals surface area contributed by atoms with Gasteiger partial charge in [-0.05, 0) is 19.5 Å². The number of methoxy groups -OCH3 is 1. The number of nitrogens with one attached hydrogen (secondary N) is 1. The van der Waals surface area contributed by atoms with E-state index in [0.29, 0.717) is 6.54 Å². The van der Waals surface area contributed by atoms with Crippen LogP contribution >= 0.6 is 0 Å². The second-order valence-corrected chi connectivity index (χ2v) is 2.85. The number of carbonyl (C=O) groups is 1. The summed E-state index contributed by atoms with van der Waals surface area (Å²) in [4.78, 5) is 13.0. The van der Waals surface area contributed by atoms with Gasteiger partial charge in [-0.1, -0.05) is 13.8 Å². The van der Waals surface area contributed by atoms with Crippen LogP contribution in [0.1, 0.15) is 20.3 Å². The van der Waals surface area contributed by atoms with E-state index < -0.39 is 0 Å². The lowest BCUT2D eigenvalue weighted by molar-refractivity contribution is 0.168. The van der Waals surface area contributed by atoms with E-state index in [1.54, 1.807) is 0 Å². The number of hydrogen-bond donors (Lipinski definition) is 1. The van der Waals surface area contributed by atoms with Crippen LogP contribution in [0.4, 0.5) is 4.79 Å². The average molecular weight is 188 g/mol. The molecule has 0 aliphatic rings. The zero-order valence-electron chi connectivity index (χ0n) is 8.80. The smallest absolute Gasteiger partial charge is 0.406 e. The zero-order chi connectivity index (χ0) is 10.1. The van der Waals surface area contributed by atoms with Crippen LogP contribution in [0, 0.1) is 0 Å². The normalized spacial score (nSPS) is 10.2. The predicted molar refractivity (Wildman–Crippen MR) is 52.8 cm³/mol. The number of amides is 1. The van der Waals surface area contributed by atoms with Crippen LogP contribution < -0.4 is 5.32 Å². The van der Waals surface area contributed by atoms with Crippen molar-refractivity contribution >= 4 is 6.09 Å². The fourth-order valence-corrected chi connectivity index (χ4v) is 1.13. The molecule has 0 aliphatic heterocycles. The Bertz CT molecular complexity index is 140. The minimum Gasteiger partial charge on any atom is -0.453 e. The molecule has 0 bridgehead atoms. The molecule has 0 atom stereocenters. The first-order valence-corrected chi connectivity index (χ1v) is 4.78. The molecule has 0 aromatic rings. The largest absolute Gasteiger partial charge is 0.453 e. The minimum atomic E-state index is -0.354. The lowest BCUT2D eigenvalue weighted by Crippen LogP contribution is -2.35. The number of alkyl carbamates (subject to hydrolysis) is 1. The highest BCUT2D eigenvalue weighted by Gasteiger charge is 2.01. The van der Waals surface area contributed by atoms with Gasteiger partial charge in [0.15, 0.2) is 0 Å². The van der Waals surface area contributed by atoms with E-state index in [1.807, 2.05) is 0 Å². The molecule has 1 amide bonds. The first kappa shape index (κ1) is 12.2. The standard InChI is InChI=1S/C9H20N2O2/c1-4-7-11(5-2)8-6-10-9(12)13-3/h4-8H2,1-3H3,(H,10,12). The van der Waals surface area contributed by atoms with E-state index >= 15 is 0 Å². The Labute approximate surface area is 80.2 Å². The predicted octanol–water partition coefficient (Wildman–Crippen LogP) is 1.07. The topological polar surface area (TPSA) is 41.6 Å². The van der Waals surface area contributed by atoms with Crippen molar-refractivity contribution in [1.82, 2.24) is 10.2 Å². The summed E-state index contributed by atoms with van der Waals surface area (Å²) >= 11 is 0. The number of hydrogen-bond acceptors (Lipinski definition) is 3. The van der Waals surface area contributed by atoms with E-state index in [0.717, 1.165) is 26.1 Å². The van der Waals surface area contributed by atoms with E-state index in [1.165, 1.54) is 7.11 Å². The quantitative estimate of drug-likeness (QED) is 0.678. The van der Waals surface area contributed by atoms with Crippen molar-refractivity contribution in [2.24, 2.45) is 0 Å². The molecule has 0 spiro atoms. The lowest BCUT2D eigenvalue weighted by Gasteiger charge is -2.19. The molecule has 13 heavy (non-hydrogen) atoms. The summed E-state index contributed by atoms with van der Waals surface area (Å²) in [5.41, 5.74) is 0. The van der Waals surface area contributed by atoms with E-state index in [4.69, 9.17) is 0 Å². The molecule has 0 radical (unpaired) electrons. The summed E-state index contributed by atoms with van der Waals surface area (Å²) in [6.07, 6.45) is 0.791. The summed E-state index contributed by atoms with van der Waals surface area (Å²) in [6.45, 7) is 7.92. The van der Waals surface area contributed by atoms with Gasteiger partial charge in [-0.2, -0.15) is 0 Å². The van der Waals surface area contributed by atoms with Crippen LogP contribution in [0.3, 0.4) is 0 Å². The summed E-state index contributed by atoms with van der Waals surface area (Å²) in [5.74, 6) is 0. The first-order valence-electron chi connectivity index (χ1n) is 4.78. The van der Waals surface area contributed by atoms with Gasteiger partial charge < -0.3 is 15.0 Å². The zero-order valence-corrected chi connectivity index (χ0v) is 8.80. The van der Waals surface area contributed by atoms with Gasteiger partial charge in [0, 0.05) is 13.1 Å². The van der Waals surface area contributed by atoms with Crippen molar-refractivity contribution in [3.05, 3.63) is 0 Å². The third-order valence-electron chi connectivity index (χ3n) is 1.87. The molecule has 1 N–H and O–H groups in total. The van der Waals surface area contributed by atoms with Crippen LogP contribution in [0.25, 0.3) is 0 Å². The number of nitrogens with zero attached hydrogens (tertiary/aromatic N) is 1. The molecule has 0 saturated heterocycles. The number of carbonyl (C=O) groups excluding carboxylic acids is 1. The van der Waals surface area contributed by atoms with Crippen molar-refractivity contribution in [3.63, 3.8) is 0 Å². The maximum atomic E-state index is 10.7. The molecular formula is C9H20N2O2. The molecule has 0 aliphatic carbocycles. The van der Waals surface area contributed by atoms with Gasteiger partial charge in [0.05, 0.1) is 7.11 Å². The van der Waals surface area contributed by atoms with Crippen LogP contribution in [-0.4, -0.2) is 44.3 Å². The molecule has 0 aromatic heterocycles. The molecule has 78 valence electrons. The Morgan fingerprint density at radius 2 is 2.08 bits per heavy atom. The Morgan fingerprint density at radius 3 is 2.54 bits per heavy atom. The average Bonchev–Trinajstić information content (AvgIpc) is 2.16. The fourth-order valence-electron chi connectivity index (χ4n) is 1.13. The second-order valence-electron chi connectivity index (χ2n) is 2.85. The highest BCUT2D eigenvalue weighted by molar-refractivity contribution is 5.66. The summed E-state index contributed by atoms with van der Waals surface area (Å²) in [7, 11) is 1.37. The molecule has 0 rings (SSSR count). The molecule has 0 heterocycles. The maximum Gasteiger partial charge on any atom is 0.406 e. The van der Waals surface area contributed by atoms with Crippen LogP contribution in [0.5, 0.6) is 0 Å². The van der Waals surface area contributed by atoms with Crippen molar-refractivity contribution in [1.29, 1.82) is 0 Å². The van der Waals surface area contributed by atoms with Crippen molar-refractivity contribution in [2.75, 3.05) is 33.3 Å². The fraction of sp³-hybridized carbons (Fsp3) is 0.889. The highest BCUT2D eigenvalue weighted by Crippen LogP contribution is 1.88. The Balaban J connectivity index is 3.42. The Hall–Kier alpha value is -0.770. The summed E-state index contributed by atoms with van der Waals surface area (Å²) in [5, 5.41) is 2.65. The van der Waals surface area contributed by atoms with Gasteiger partial charge in [-0.3, -0.25) is 0 Å². The van der Waals surface area contributed by atoms with E-state index in [2.05, 4.69) is 28.8 Å². The van der Waals surface area contributed by atoms with Gasteiger partial charge >= 0.3 is 6.09 Å². The number of ether oxygens (including phenoxy) is 1. The molecule has 4 heteroatoms. The highest BCUT2D eigenvalue weighted by atomic mass is 16.5. The lowest BCUT2D eigenvalue weighted by atomic mass is 10.4. The summed E-state index contributed by atoms with van der Waals surface area (Å²) < 4.78 is 4.46. The van der Waals surface area contributed by atoms with Gasteiger partial charge in [-0.25, -0.2) is 4.79 Å². The van der Waals surface area contributed by atoms with Crippen LogP contribution in [0.2, 0.25) is 0 Å². The van der Waals surface area contributed by atoms with E-state index in [-0.39, 0.29) is 6.09 Å². The van der Waals surface area contributed by atoms with Crippen molar-refractivity contribution in [3.8, 4) is 0 Å². The molecule has 4 nitrogen and oxygen atoms in total. The number of rotatable bonds is 6. The molecular weight excluding hydrogens is 168 g/mol. The Morgan fingerprint density at radius 1 is 1.38 bits per heavy atom. The van der Waals surface area contributed by atoms with Gasteiger partial charge in [0.1, 0.15) is 0 Å². The van der Waals surface area contributed by atoms with Gasteiger partial charge in [-0.15, -0.1) is 0 Å². The second kappa shape index (κ2) is 7.86. The molecule has 0 unspecified atom stereocenters. The first-order chi connectivity index (χ1) is 6.24. The maximum absolute atomic E-state index is 10.7. The molecule has 0 aromatic carbocycles. The van der Waals surface area contributed by atoms with Crippen molar-refractivity contribution < 1.29 is 9.53 Å². The third kappa shape index (κ3) is 6.40. The third-order valence-corrected chi connectivity index (χ3v) is 1.87. The molecule has 0 fully saturated rings. The summed E-state index contributed by atoms with van der Waals surface area (Å²) in [6, 6.07) is 0. The Kier molecular flexibility index (Phi) is 7.39. The molecule has 0 saturated carbocycles. The monoisotopic (exact) mass is 188 g/mol. The van der Waals surface area contributed by atoms with Crippen LogP contribution in [0.15, 0.2) is 0 Å². The van der Waals surface area contributed by atoms with Crippen molar-refractivity contribution in [2.45, 2.75) is 20.3 Å². The SMILES string of the molecule is CCCN(CC)CCNC(=O)OC. The van der Waals surface area contributed by atoms with Crippen LogP contribution in [-0.2, 0) is 4.74 Å².